The quantitative estimate of drug-likeness (QED) is 0.266. The molecule has 4 nitrogen and oxygen atoms in total. The molecule has 4 aliphatic rings. The van der Waals surface area contributed by atoms with Gasteiger partial charge in [0, 0.05) is 5.92 Å². The fraction of sp³-hybridized carbons (Fsp3) is 0.436. The predicted molar refractivity (Wildman–Crippen MR) is 170 cm³/mol. The van der Waals surface area contributed by atoms with Crippen molar-refractivity contribution in [1.29, 1.82) is 0 Å². The smallest absolute Gasteiger partial charge is 0.335 e. The summed E-state index contributed by atoms with van der Waals surface area (Å²) in [6.45, 7) is 11.1. The van der Waals surface area contributed by atoms with Gasteiger partial charge in [-0.1, -0.05) is 113 Å². The number of ether oxygens (including phenoxy) is 2. The molecule has 2 bridgehead atoms. The van der Waals surface area contributed by atoms with E-state index in [2.05, 4.69) is 83.1 Å². The minimum Gasteiger partial charge on any atom is -0.466 e. The number of benzene rings is 3. The Hall–Kier alpha value is -3.66. The summed E-state index contributed by atoms with van der Waals surface area (Å²) in [5.41, 5.74) is 4.89. The van der Waals surface area contributed by atoms with Crippen LogP contribution in [0.1, 0.15) is 87.6 Å². The number of hydrogen-bond acceptors (Lipinski definition) is 4. The first-order valence-electron chi connectivity index (χ1n) is 15.9. The van der Waals surface area contributed by atoms with Crippen molar-refractivity contribution >= 4 is 11.9 Å². The molecule has 0 aliphatic heterocycles. The molecule has 0 saturated heterocycles. The summed E-state index contributed by atoms with van der Waals surface area (Å²) in [4.78, 5) is 28.9. The molecular formula is C39H44O4. The normalized spacial score (nSPS) is 26.1. The molecule has 3 aromatic carbocycles. The zero-order chi connectivity index (χ0) is 30.5. The van der Waals surface area contributed by atoms with Crippen LogP contribution in [-0.4, -0.2) is 25.2 Å². The fourth-order valence-electron chi connectivity index (χ4n) is 8.59. The van der Waals surface area contributed by atoms with Crippen LogP contribution in [0.3, 0.4) is 0 Å². The lowest BCUT2D eigenvalue weighted by Crippen LogP contribution is -2.55. The van der Waals surface area contributed by atoms with Gasteiger partial charge in [0.05, 0.1) is 23.7 Å². The van der Waals surface area contributed by atoms with Crippen molar-refractivity contribution in [1.82, 2.24) is 0 Å². The highest BCUT2D eigenvalue weighted by Crippen LogP contribution is 2.66. The second-order valence-electron chi connectivity index (χ2n) is 13.9. The lowest BCUT2D eigenvalue weighted by atomic mass is 9.44. The second-order valence-corrected chi connectivity index (χ2v) is 13.9. The van der Waals surface area contributed by atoms with E-state index in [0.29, 0.717) is 29.4 Å². The number of methoxy groups -OCH3 is 1. The molecule has 43 heavy (non-hydrogen) atoms. The Morgan fingerprint density at radius 3 is 2.02 bits per heavy atom. The molecular weight excluding hydrogens is 532 g/mol. The standard InChI is InChI=1S/C39H44O4/c1-24(2)27-21-20-25(3)32(22-27)43-36(40)34-33-28-16-10-12-18-30(28)39(35(34)37(41)42-6,31-19-13-11-17-29(31)33)38(4,5)23-26-14-8-7-9-15-26/h7-19,24-25,27,32-33H,20-23H2,1-6H3. The van der Waals surface area contributed by atoms with Gasteiger partial charge in [-0.3, -0.25) is 0 Å². The van der Waals surface area contributed by atoms with Crippen LogP contribution in [0.2, 0.25) is 0 Å². The fourth-order valence-corrected chi connectivity index (χ4v) is 8.59. The van der Waals surface area contributed by atoms with E-state index in [1.54, 1.807) is 0 Å². The summed E-state index contributed by atoms with van der Waals surface area (Å²) in [5, 5.41) is 0. The van der Waals surface area contributed by atoms with Gasteiger partial charge < -0.3 is 9.47 Å². The lowest BCUT2D eigenvalue weighted by Gasteiger charge is -2.57. The van der Waals surface area contributed by atoms with Crippen molar-refractivity contribution in [2.45, 2.75) is 77.7 Å². The van der Waals surface area contributed by atoms with Crippen molar-refractivity contribution in [3.8, 4) is 0 Å². The van der Waals surface area contributed by atoms with Crippen molar-refractivity contribution in [3.05, 3.63) is 118 Å². The summed E-state index contributed by atoms with van der Waals surface area (Å²) < 4.78 is 12.1. The van der Waals surface area contributed by atoms with Gasteiger partial charge in [-0.15, -0.1) is 0 Å². The molecule has 0 radical (unpaired) electrons. The predicted octanol–water partition coefficient (Wildman–Crippen LogP) is 8.17. The lowest BCUT2D eigenvalue weighted by molar-refractivity contribution is -0.151. The van der Waals surface area contributed by atoms with Crippen LogP contribution in [0.25, 0.3) is 0 Å². The van der Waals surface area contributed by atoms with Crippen LogP contribution < -0.4 is 0 Å². The third-order valence-electron chi connectivity index (χ3n) is 10.8. The van der Waals surface area contributed by atoms with Gasteiger partial charge in [0.2, 0.25) is 0 Å². The number of esters is 2. The van der Waals surface area contributed by atoms with Gasteiger partial charge in [-0.2, -0.15) is 0 Å². The van der Waals surface area contributed by atoms with Crippen LogP contribution >= 0.6 is 0 Å². The molecule has 3 atom stereocenters. The molecule has 0 heterocycles. The second kappa shape index (κ2) is 11.1. The molecule has 4 heteroatoms. The average molecular weight is 577 g/mol. The third kappa shape index (κ3) is 4.56. The van der Waals surface area contributed by atoms with Gasteiger partial charge >= 0.3 is 11.9 Å². The number of rotatable bonds is 7. The van der Waals surface area contributed by atoms with E-state index in [1.807, 2.05) is 30.3 Å². The summed E-state index contributed by atoms with van der Waals surface area (Å²) in [7, 11) is 1.42. The van der Waals surface area contributed by atoms with Gasteiger partial charge in [0.1, 0.15) is 6.10 Å². The van der Waals surface area contributed by atoms with Gasteiger partial charge in [0.15, 0.2) is 0 Å². The Balaban J connectivity index is 1.59. The van der Waals surface area contributed by atoms with E-state index < -0.39 is 22.7 Å². The maximum Gasteiger partial charge on any atom is 0.335 e. The number of carbonyl (C=O) groups excluding carboxylic acids is 2. The highest BCUT2D eigenvalue weighted by Gasteiger charge is 2.63. The zero-order valence-electron chi connectivity index (χ0n) is 26.4. The van der Waals surface area contributed by atoms with Crippen molar-refractivity contribution in [2.75, 3.05) is 7.11 Å². The molecule has 0 amide bonds. The van der Waals surface area contributed by atoms with Gasteiger partial charge in [0.25, 0.3) is 0 Å². The Morgan fingerprint density at radius 1 is 0.860 bits per heavy atom. The summed E-state index contributed by atoms with van der Waals surface area (Å²) in [5.74, 6) is 0.0797. The van der Waals surface area contributed by atoms with Crippen LogP contribution in [0.4, 0.5) is 0 Å². The van der Waals surface area contributed by atoms with Crippen molar-refractivity contribution < 1.29 is 19.1 Å². The van der Waals surface area contributed by atoms with E-state index in [4.69, 9.17) is 9.47 Å². The first-order valence-corrected chi connectivity index (χ1v) is 15.9. The Kier molecular flexibility index (Phi) is 7.61. The third-order valence-corrected chi connectivity index (χ3v) is 10.8. The average Bonchev–Trinajstić information content (AvgIpc) is 3.01. The topological polar surface area (TPSA) is 52.6 Å². The van der Waals surface area contributed by atoms with E-state index >= 15 is 0 Å². The molecule has 1 fully saturated rings. The molecule has 1 saturated carbocycles. The zero-order valence-corrected chi connectivity index (χ0v) is 26.4. The summed E-state index contributed by atoms with van der Waals surface area (Å²) >= 11 is 0. The monoisotopic (exact) mass is 576 g/mol. The largest absolute Gasteiger partial charge is 0.466 e. The molecule has 0 aromatic heterocycles. The first kappa shape index (κ1) is 29.4. The summed E-state index contributed by atoms with van der Waals surface area (Å²) in [6.07, 6.45) is 3.56. The highest BCUT2D eigenvalue weighted by molar-refractivity contribution is 6.07. The molecule has 7 rings (SSSR count). The number of hydrogen-bond donors (Lipinski definition) is 0. The Labute approximate surface area is 256 Å². The maximum atomic E-state index is 14.7. The molecule has 4 aliphatic carbocycles. The van der Waals surface area contributed by atoms with Crippen molar-refractivity contribution in [3.63, 3.8) is 0 Å². The van der Waals surface area contributed by atoms with Crippen LogP contribution in [0.5, 0.6) is 0 Å². The number of carbonyl (C=O) groups is 2. The molecule has 0 spiro atoms. The minimum absolute atomic E-state index is 0.181. The van der Waals surface area contributed by atoms with Gasteiger partial charge in [-0.05, 0) is 76.7 Å². The minimum atomic E-state index is -0.926. The van der Waals surface area contributed by atoms with Gasteiger partial charge in [-0.25, -0.2) is 9.59 Å². The first-order chi connectivity index (χ1) is 20.6. The Bertz CT molecular complexity index is 1520. The molecule has 3 aromatic rings. The maximum absolute atomic E-state index is 14.7. The molecule has 0 N–H and O–H groups in total. The van der Waals surface area contributed by atoms with Crippen molar-refractivity contribution in [2.24, 2.45) is 23.2 Å². The Morgan fingerprint density at radius 2 is 1.44 bits per heavy atom. The molecule has 3 unspecified atom stereocenters. The SMILES string of the molecule is COC(=O)C1=C(C(=O)OC2CC(C(C)C)CCC2C)C2c3ccccc3C1(C(C)(C)Cc1ccccc1)c1ccccc12. The molecule has 224 valence electrons. The van der Waals surface area contributed by atoms with E-state index in [1.165, 1.54) is 12.7 Å². The summed E-state index contributed by atoms with van der Waals surface area (Å²) in [6, 6.07) is 27.1. The van der Waals surface area contributed by atoms with Crippen LogP contribution in [-0.2, 0) is 30.9 Å². The highest BCUT2D eigenvalue weighted by atomic mass is 16.5. The van der Waals surface area contributed by atoms with Crippen LogP contribution in [0.15, 0.2) is 90.0 Å². The van der Waals surface area contributed by atoms with Crippen LogP contribution in [0, 0.1) is 23.2 Å². The van der Waals surface area contributed by atoms with E-state index in [9.17, 15) is 9.59 Å². The van der Waals surface area contributed by atoms with E-state index in [0.717, 1.165) is 41.5 Å². The van der Waals surface area contributed by atoms with E-state index in [-0.39, 0.29) is 18.0 Å².